The molecule has 0 aromatic heterocycles. The van der Waals surface area contributed by atoms with E-state index in [0.717, 1.165) is 19.6 Å². The summed E-state index contributed by atoms with van der Waals surface area (Å²) < 4.78 is 0. The van der Waals surface area contributed by atoms with Crippen molar-refractivity contribution in [3.05, 3.63) is 0 Å². The van der Waals surface area contributed by atoms with Gasteiger partial charge in [-0.05, 0) is 19.5 Å². The van der Waals surface area contributed by atoms with Gasteiger partial charge in [-0.3, -0.25) is 4.90 Å². The van der Waals surface area contributed by atoms with Gasteiger partial charge in [-0.1, -0.05) is 58.2 Å². The molecule has 0 aromatic carbocycles. The first-order valence-electron chi connectivity index (χ1n) is 6.21. The second-order valence-corrected chi connectivity index (χ2v) is 4.63. The van der Waals surface area contributed by atoms with Crippen LogP contribution in [-0.2, 0) is 0 Å². The van der Waals surface area contributed by atoms with Crippen molar-refractivity contribution in [1.82, 2.24) is 4.90 Å². The summed E-state index contributed by atoms with van der Waals surface area (Å²) >= 11 is 4.91. The van der Waals surface area contributed by atoms with Crippen molar-refractivity contribution < 1.29 is 0 Å². The fraction of sp³-hybridized carbons (Fsp3) is 0.917. The molecule has 0 amide bonds. The van der Waals surface area contributed by atoms with E-state index in [9.17, 15) is 0 Å². The fourth-order valence-electron chi connectivity index (χ4n) is 1.69. The van der Waals surface area contributed by atoms with E-state index in [0.29, 0.717) is 4.99 Å². The lowest BCUT2D eigenvalue weighted by Gasteiger charge is -2.19. The lowest BCUT2D eigenvalue weighted by Crippen LogP contribution is -2.33. The normalized spacial score (nSPS) is 10.9. The molecule has 2 N–H and O–H groups in total. The monoisotopic (exact) mass is 230 g/mol. The summed E-state index contributed by atoms with van der Waals surface area (Å²) in [5.74, 6) is 0. The number of hydrogen-bond donors (Lipinski definition) is 1. The molecular formula is C12H26N2S. The van der Waals surface area contributed by atoms with Crippen LogP contribution in [0.2, 0.25) is 0 Å². The van der Waals surface area contributed by atoms with E-state index >= 15 is 0 Å². The molecule has 0 aliphatic carbocycles. The highest BCUT2D eigenvalue weighted by molar-refractivity contribution is 7.80. The molecule has 0 bridgehead atoms. The largest absolute Gasteiger partial charge is 0.392 e. The third-order valence-corrected chi connectivity index (χ3v) is 2.78. The average Bonchev–Trinajstić information content (AvgIpc) is 2.20. The number of nitrogens with two attached hydrogens (primary N) is 1. The third kappa shape index (κ3) is 10.1. The Kier molecular flexibility index (Phi) is 10.3. The minimum absolute atomic E-state index is 0.614. The molecule has 0 saturated carbocycles. The molecule has 0 atom stereocenters. The van der Waals surface area contributed by atoms with Crippen LogP contribution in [-0.4, -0.2) is 29.5 Å². The predicted octanol–water partition coefficient (Wildman–Crippen LogP) is 2.95. The van der Waals surface area contributed by atoms with Gasteiger partial charge in [0.15, 0.2) is 0 Å². The Bertz CT molecular complexity index is 160. The van der Waals surface area contributed by atoms with Crippen LogP contribution in [0.4, 0.5) is 0 Å². The molecule has 0 radical (unpaired) electrons. The molecule has 0 unspecified atom stereocenters. The van der Waals surface area contributed by atoms with Crippen LogP contribution in [0.3, 0.4) is 0 Å². The van der Waals surface area contributed by atoms with E-state index in [1.54, 1.807) is 0 Å². The fourth-order valence-corrected chi connectivity index (χ4v) is 1.87. The minimum atomic E-state index is 0.614. The molecule has 90 valence electrons. The smallest absolute Gasteiger partial charge is 0.0870 e. The van der Waals surface area contributed by atoms with Crippen molar-refractivity contribution in [2.45, 2.75) is 52.4 Å². The first kappa shape index (κ1) is 14.8. The van der Waals surface area contributed by atoms with Crippen LogP contribution in [0.5, 0.6) is 0 Å². The van der Waals surface area contributed by atoms with Crippen LogP contribution < -0.4 is 5.73 Å². The van der Waals surface area contributed by atoms with Crippen molar-refractivity contribution in [1.29, 1.82) is 0 Å². The highest BCUT2D eigenvalue weighted by Crippen LogP contribution is 2.05. The van der Waals surface area contributed by atoms with Gasteiger partial charge in [0.1, 0.15) is 0 Å². The highest BCUT2D eigenvalue weighted by atomic mass is 32.1. The Hall–Kier alpha value is -0.150. The van der Waals surface area contributed by atoms with Crippen LogP contribution in [0.25, 0.3) is 0 Å². The van der Waals surface area contributed by atoms with Gasteiger partial charge < -0.3 is 5.73 Å². The van der Waals surface area contributed by atoms with Crippen molar-refractivity contribution in [3.63, 3.8) is 0 Å². The van der Waals surface area contributed by atoms with Crippen molar-refractivity contribution in [2.75, 3.05) is 19.6 Å². The molecule has 0 fully saturated rings. The van der Waals surface area contributed by atoms with Crippen LogP contribution in [0.15, 0.2) is 0 Å². The van der Waals surface area contributed by atoms with Crippen molar-refractivity contribution in [3.8, 4) is 0 Å². The van der Waals surface area contributed by atoms with E-state index < -0.39 is 0 Å². The Morgan fingerprint density at radius 1 is 1.07 bits per heavy atom. The molecule has 0 aliphatic rings. The maximum absolute atomic E-state index is 5.53. The van der Waals surface area contributed by atoms with Gasteiger partial charge in [-0.2, -0.15) is 0 Å². The summed E-state index contributed by atoms with van der Waals surface area (Å²) in [4.78, 5) is 2.94. The van der Waals surface area contributed by atoms with E-state index in [4.69, 9.17) is 18.0 Å². The standard InChI is InChI=1S/C12H26N2S/c1-3-5-6-7-8-9-10-14(4-2)11-12(13)15/h3-11H2,1-2H3,(H2,13,15). The maximum Gasteiger partial charge on any atom is 0.0870 e. The summed E-state index contributed by atoms with van der Waals surface area (Å²) in [5.41, 5.74) is 5.53. The second-order valence-electron chi connectivity index (χ2n) is 4.10. The minimum Gasteiger partial charge on any atom is -0.392 e. The van der Waals surface area contributed by atoms with E-state index in [1.165, 1.54) is 38.5 Å². The molecule has 0 saturated heterocycles. The Balaban J connectivity index is 3.34. The zero-order chi connectivity index (χ0) is 11.5. The van der Waals surface area contributed by atoms with E-state index in [-0.39, 0.29) is 0 Å². The topological polar surface area (TPSA) is 29.3 Å². The SMILES string of the molecule is CCCCCCCCN(CC)CC(N)=S. The molecule has 0 spiro atoms. The van der Waals surface area contributed by atoms with Gasteiger partial charge >= 0.3 is 0 Å². The molecule has 0 aromatic rings. The number of hydrogen-bond acceptors (Lipinski definition) is 2. The van der Waals surface area contributed by atoms with Crippen LogP contribution in [0.1, 0.15) is 52.4 Å². The van der Waals surface area contributed by atoms with Gasteiger partial charge in [-0.15, -0.1) is 0 Å². The maximum atomic E-state index is 5.53. The highest BCUT2D eigenvalue weighted by Gasteiger charge is 2.02. The average molecular weight is 230 g/mol. The van der Waals surface area contributed by atoms with E-state index in [2.05, 4.69) is 18.7 Å². The van der Waals surface area contributed by atoms with Crippen molar-refractivity contribution in [2.24, 2.45) is 5.73 Å². The summed E-state index contributed by atoms with van der Waals surface area (Å²) in [5, 5.41) is 0. The number of likely N-dealkylation sites (N-methyl/N-ethyl adjacent to an activating group) is 1. The first-order valence-corrected chi connectivity index (χ1v) is 6.62. The lowest BCUT2D eigenvalue weighted by atomic mass is 10.1. The second kappa shape index (κ2) is 10.4. The molecule has 3 heteroatoms. The molecular weight excluding hydrogens is 204 g/mol. The van der Waals surface area contributed by atoms with Gasteiger partial charge in [0, 0.05) is 6.54 Å². The zero-order valence-electron chi connectivity index (χ0n) is 10.3. The molecule has 2 nitrogen and oxygen atoms in total. The Morgan fingerprint density at radius 3 is 2.20 bits per heavy atom. The molecule has 15 heavy (non-hydrogen) atoms. The van der Waals surface area contributed by atoms with Gasteiger partial charge in [0.05, 0.1) is 4.99 Å². The number of thiocarbonyl (C=S) groups is 1. The van der Waals surface area contributed by atoms with Crippen molar-refractivity contribution >= 4 is 17.2 Å². The Morgan fingerprint density at radius 2 is 1.67 bits per heavy atom. The third-order valence-electron chi connectivity index (χ3n) is 2.65. The summed E-state index contributed by atoms with van der Waals surface area (Å²) in [6, 6.07) is 0. The summed E-state index contributed by atoms with van der Waals surface area (Å²) in [6.07, 6.45) is 8.08. The zero-order valence-corrected chi connectivity index (χ0v) is 11.1. The lowest BCUT2D eigenvalue weighted by molar-refractivity contribution is 0.318. The number of nitrogens with zero attached hydrogens (tertiary/aromatic N) is 1. The first-order chi connectivity index (χ1) is 7.20. The van der Waals surface area contributed by atoms with Gasteiger partial charge in [0.2, 0.25) is 0 Å². The van der Waals surface area contributed by atoms with Crippen LogP contribution in [0, 0.1) is 0 Å². The molecule has 0 rings (SSSR count). The van der Waals surface area contributed by atoms with Crippen LogP contribution >= 0.6 is 12.2 Å². The quantitative estimate of drug-likeness (QED) is 0.462. The Labute approximate surface area is 100 Å². The number of unbranched alkanes of at least 4 members (excludes halogenated alkanes) is 5. The molecule has 0 aliphatic heterocycles. The van der Waals surface area contributed by atoms with E-state index in [1.807, 2.05) is 0 Å². The molecule has 0 heterocycles. The summed E-state index contributed by atoms with van der Waals surface area (Å²) in [7, 11) is 0. The summed E-state index contributed by atoms with van der Waals surface area (Å²) in [6.45, 7) is 7.38. The van der Waals surface area contributed by atoms with Gasteiger partial charge in [-0.25, -0.2) is 0 Å². The van der Waals surface area contributed by atoms with Gasteiger partial charge in [0.25, 0.3) is 0 Å². The predicted molar refractivity (Wildman–Crippen MR) is 72.3 cm³/mol. The number of rotatable bonds is 10.